The van der Waals surface area contributed by atoms with E-state index in [4.69, 9.17) is 11.6 Å². The van der Waals surface area contributed by atoms with Gasteiger partial charge in [-0.05, 0) is 36.1 Å². The molecule has 2 N–H and O–H groups in total. The van der Waals surface area contributed by atoms with Crippen LogP contribution in [0.25, 0.3) is 10.8 Å². The molecule has 0 bridgehead atoms. The number of carbonyl (C=O) groups excluding carboxylic acids is 1. The van der Waals surface area contributed by atoms with Gasteiger partial charge in [0.2, 0.25) is 5.91 Å². The lowest BCUT2D eigenvalue weighted by Gasteiger charge is -2.11. The van der Waals surface area contributed by atoms with Crippen LogP contribution in [-0.4, -0.2) is 12.5 Å². The number of carbonyl (C=O) groups is 1. The molecule has 0 saturated carbocycles. The van der Waals surface area contributed by atoms with Crippen molar-refractivity contribution in [3.05, 3.63) is 71.2 Å². The molecule has 0 aliphatic heterocycles. The Morgan fingerprint density at radius 2 is 1.78 bits per heavy atom. The summed E-state index contributed by atoms with van der Waals surface area (Å²) in [6, 6.07) is 19.6. The fraction of sp³-hybridized carbons (Fsp3) is 0.105. The minimum atomic E-state index is -0.135. The van der Waals surface area contributed by atoms with Crippen LogP contribution in [0.2, 0.25) is 5.02 Å². The molecule has 0 fully saturated rings. The Kier molecular flexibility index (Phi) is 4.49. The summed E-state index contributed by atoms with van der Waals surface area (Å²) in [5, 5.41) is 8.78. The van der Waals surface area contributed by atoms with Gasteiger partial charge in [-0.3, -0.25) is 4.79 Å². The molecule has 0 aliphatic carbocycles. The average Bonchev–Trinajstić information content (AvgIpc) is 2.55. The Balaban J connectivity index is 1.69. The predicted octanol–water partition coefficient (Wildman–Crippen LogP) is 4.85. The Labute approximate surface area is 140 Å². The molecule has 0 unspecified atom stereocenters. The molecule has 3 aromatic rings. The Morgan fingerprint density at radius 3 is 2.61 bits per heavy atom. The maximum atomic E-state index is 12.1. The quantitative estimate of drug-likeness (QED) is 0.720. The third-order valence-electron chi connectivity index (χ3n) is 3.63. The number of halogens is 1. The second kappa shape index (κ2) is 6.71. The average molecular weight is 325 g/mol. The molecule has 3 aromatic carbocycles. The molecule has 23 heavy (non-hydrogen) atoms. The van der Waals surface area contributed by atoms with Crippen molar-refractivity contribution in [2.24, 2.45) is 0 Å². The van der Waals surface area contributed by atoms with Crippen molar-refractivity contribution in [3.8, 4) is 0 Å². The zero-order valence-corrected chi connectivity index (χ0v) is 13.5. The standard InChI is InChI=1S/C19H17ClN2O/c1-13-9-10-18(16(20)11-13)22-19(23)12-21-17-8-4-6-14-5-2-3-7-15(14)17/h2-11,21H,12H2,1H3,(H,22,23). The summed E-state index contributed by atoms with van der Waals surface area (Å²) < 4.78 is 0. The normalized spacial score (nSPS) is 10.5. The van der Waals surface area contributed by atoms with Gasteiger partial charge in [0.25, 0.3) is 0 Å². The minimum absolute atomic E-state index is 0.135. The molecule has 0 heterocycles. The number of anilines is 2. The molecule has 3 nitrogen and oxygen atoms in total. The third-order valence-corrected chi connectivity index (χ3v) is 3.94. The van der Waals surface area contributed by atoms with Crippen LogP contribution in [0.5, 0.6) is 0 Å². The zero-order chi connectivity index (χ0) is 16.2. The van der Waals surface area contributed by atoms with Gasteiger partial charge in [-0.25, -0.2) is 0 Å². The maximum Gasteiger partial charge on any atom is 0.243 e. The number of benzene rings is 3. The summed E-state index contributed by atoms with van der Waals surface area (Å²) >= 11 is 6.13. The molecule has 0 saturated heterocycles. The second-order valence-electron chi connectivity index (χ2n) is 5.41. The largest absolute Gasteiger partial charge is 0.376 e. The predicted molar refractivity (Wildman–Crippen MR) is 97.3 cm³/mol. The van der Waals surface area contributed by atoms with Gasteiger partial charge in [-0.1, -0.05) is 54.1 Å². The van der Waals surface area contributed by atoms with Crippen LogP contribution in [0.4, 0.5) is 11.4 Å². The lowest BCUT2D eigenvalue weighted by atomic mass is 10.1. The lowest BCUT2D eigenvalue weighted by Crippen LogP contribution is -2.22. The molecular weight excluding hydrogens is 308 g/mol. The molecule has 0 spiro atoms. The van der Waals surface area contributed by atoms with Gasteiger partial charge < -0.3 is 10.6 Å². The van der Waals surface area contributed by atoms with E-state index in [1.54, 1.807) is 0 Å². The van der Waals surface area contributed by atoms with E-state index in [9.17, 15) is 4.79 Å². The van der Waals surface area contributed by atoms with Crippen molar-refractivity contribution < 1.29 is 4.79 Å². The highest BCUT2D eigenvalue weighted by Gasteiger charge is 2.07. The van der Waals surface area contributed by atoms with E-state index in [0.29, 0.717) is 10.7 Å². The summed E-state index contributed by atoms with van der Waals surface area (Å²) in [5.74, 6) is -0.135. The topological polar surface area (TPSA) is 41.1 Å². The highest BCUT2D eigenvalue weighted by atomic mass is 35.5. The van der Waals surface area contributed by atoms with Gasteiger partial charge in [0, 0.05) is 11.1 Å². The van der Waals surface area contributed by atoms with Crippen molar-refractivity contribution >= 4 is 39.7 Å². The first-order valence-corrected chi connectivity index (χ1v) is 7.79. The van der Waals surface area contributed by atoms with Crippen LogP contribution in [-0.2, 0) is 4.79 Å². The van der Waals surface area contributed by atoms with Crippen molar-refractivity contribution in [1.82, 2.24) is 0 Å². The van der Waals surface area contributed by atoms with Crippen LogP contribution in [0.15, 0.2) is 60.7 Å². The van der Waals surface area contributed by atoms with Gasteiger partial charge in [0.15, 0.2) is 0 Å². The Bertz CT molecular complexity index is 856. The van der Waals surface area contributed by atoms with Crippen LogP contribution >= 0.6 is 11.6 Å². The first kappa shape index (κ1) is 15.4. The number of rotatable bonds is 4. The first-order valence-electron chi connectivity index (χ1n) is 7.41. The summed E-state index contributed by atoms with van der Waals surface area (Å²) in [7, 11) is 0. The van der Waals surface area contributed by atoms with Crippen molar-refractivity contribution in [2.75, 3.05) is 17.2 Å². The Morgan fingerprint density at radius 1 is 1.00 bits per heavy atom. The third kappa shape index (κ3) is 3.63. The molecular formula is C19H17ClN2O. The number of amides is 1. The summed E-state index contributed by atoms with van der Waals surface area (Å²) in [4.78, 5) is 12.1. The number of hydrogen-bond donors (Lipinski definition) is 2. The van der Waals surface area contributed by atoms with Crippen LogP contribution in [0.3, 0.4) is 0 Å². The van der Waals surface area contributed by atoms with E-state index >= 15 is 0 Å². The number of aryl methyl sites for hydroxylation is 1. The zero-order valence-electron chi connectivity index (χ0n) is 12.8. The molecule has 4 heteroatoms. The molecule has 0 aromatic heterocycles. The van der Waals surface area contributed by atoms with Gasteiger partial charge in [0.1, 0.15) is 0 Å². The van der Waals surface area contributed by atoms with Gasteiger partial charge in [-0.15, -0.1) is 0 Å². The fourth-order valence-corrected chi connectivity index (χ4v) is 2.75. The SMILES string of the molecule is Cc1ccc(NC(=O)CNc2cccc3ccccc23)c(Cl)c1. The minimum Gasteiger partial charge on any atom is -0.376 e. The highest BCUT2D eigenvalue weighted by Crippen LogP contribution is 2.24. The van der Waals surface area contributed by atoms with Crippen molar-refractivity contribution in [3.63, 3.8) is 0 Å². The van der Waals surface area contributed by atoms with Crippen LogP contribution in [0.1, 0.15) is 5.56 Å². The molecule has 3 rings (SSSR count). The van der Waals surface area contributed by atoms with E-state index in [2.05, 4.69) is 10.6 Å². The van der Waals surface area contributed by atoms with E-state index < -0.39 is 0 Å². The van der Waals surface area contributed by atoms with E-state index in [1.807, 2.05) is 67.6 Å². The molecule has 0 atom stereocenters. The van der Waals surface area contributed by atoms with Crippen LogP contribution < -0.4 is 10.6 Å². The maximum absolute atomic E-state index is 12.1. The Hall–Kier alpha value is -2.52. The number of fused-ring (bicyclic) bond motifs is 1. The number of hydrogen-bond acceptors (Lipinski definition) is 2. The summed E-state index contributed by atoms with van der Waals surface area (Å²) in [5.41, 5.74) is 2.62. The van der Waals surface area contributed by atoms with Crippen molar-refractivity contribution in [2.45, 2.75) is 6.92 Å². The summed E-state index contributed by atoms with van der Waals surface area (Å²) in [6.45, 7) is 2.14. The number of nitrogens with one attached hydrogen (secondary N) is 2. The van der Waals surface area contributed by atoms with E-state index in [1.165, 1.54) is 0 Å². The molecule has 1 amide bonds. The fourth-order valence-electron chi connectivity index (χ4n) is 2.47. The molecule has 116 valence electrons. The molecule has 0 radical (unpaired) electrons. The monoisotopic (exact) mass is 324 g/mol. The van der Waals surface area contributed by atoms with Gasteiger partial charge in [-0.2, -0.15) is 0 Å². The highest BCUT2D eigenvalue weighted by molar-refractivity contribution is 6.33. The first-order chi connectivity index (χ1) is 11.1. The van der Waals surface area contributed by atoms with Gasteiger partial charge >= 0.3 is 0 Å². The molecule has 0 aliphatic rings. The smallest absolute Gasteiger partial charge is 0.243 e. The van der Waals surface area contributed by atoms with Gasteiger partial charge in [0.05, 0.1) is 17.3 Å². The van der Waals surface area contributed by atoms with E-state index in [0.717, 1.165) is 22.0 Å². The second-order valence-corrected chi connectivity index (χ2v) is 5.82. The van der Waals surface area contributed by atoms with E-state index in [-0.39, 0.29) is 12.5 Å². The summed E-state index contributed by atoms with van der Waals surface area (Å²) in [6.07, 6.45) is 0. The lowest BCUT2D eigenvalue weighted by molar-refractivity contribution is -0.114. The van der Waals surface area contributed by atoms with Crippen LogP contribution in [0, 0.1) is 6.92 Å². The van der Waals surface area contributed by atoms with Crippen molar-refractivity contribution in [1.29, 1.82) is 0 Å².